The first-order valence-electron chi connectivity index (χ1n) is 6.02. The summed E-state index contributed by atoms with van der Waals surface area (Å²) in [4.78, 5) is 16.1. The molecule has 2 rings (SSSR count). The monoisotopic (exact) mass is 275 g/mol. The van der Waals surface area contributed by atoms with Crippen molar-refractivity contribution in [1.29, 1.82) is 0 Å². The molecule has 0 saturated heterocycles. The molecular weight excluding hydrogens is 262 g/mol. The molecule has 0 radical (unpaired) electrons. The molecule has 0 amide bonds. The van der Waals surface area contributed by atoms with Gasteiger partial charge in [0, 0.05) is 35.3 Å². The first kappa shape index (κ1) is 13.7. The number of carbonyl (C=O) groups excluding carboxylic acids is 1. The lowest BCUT2D eigenvalue weighted by Crippen LogP contribution is -2.16. The zero-order valence-electron chi connectivity index (χ0n) is 10.3. The number of Topliss-reactive ketones (excluding diaryl/α,β-unsaturated/α-hetero) is 1. The molecule has 0 saturated carbocycles. The summed E-state index contributed by atoms with van der Waals surface area (Å²) in [6.07, 6.45) is 1.40. The van der Waals surface area contributed by atoms with Crippen LogP contribution >= 0.6 is 11.6 Å². The molecule has 0 spiro atoms. The molecule has 1 unspecified atom stereocenters. The van der Waals surface area contributed by atoms with Gasteiger partial charge in [0.2, 0.25) is 0 Å². The predicted molar refractivity (Wildman–Crippen MR) is 74.3 cm³/mol. The van der Waals surface area contributed by atoms with E-state index in [0.717, 1.165) is 5.69 Å². The van der Waals surface area contributed by atoms with Crippen molar-refractivity contribution in [1.82, 2.24) is 4.98 Å². The molecule has 4 heteroatoms. The number of hydrogen-bond acceptors (Lipinski definition) is 3. The van der Waals surface area contributed by atoms with Crippen LogP contribution in [0.3, 0.4) is 0 Å². The van der Waals surface area contributed by atoms with Crippen molar-refractivity contribution in [2.75, 3.05) is 0 Å². The van der Waals surface area contributed by atoms with E-state index in [1.165, 1.54) is 0 Å². The van der Waals surface area contributed by atoms with E-state index in [0.29, 0.717) is 17.0 Å². The van der Waals surface area contributed by atoms with Gasteiger partial charge in [-0.15, -0.1) is 0 Å². The number of ketones is 1. The fourth-order valence-corrected chi connectivity index (χ4v) is 1.93. The quantitative estimate of drug-likeness (QED) is 0.854. The van der Waals surface area contributed by atoms with E-state index in [9.17, 15) is 9.90 Å². The maximum atomic E-state index is 11.9. The van der Waals surface area contributed by atoms with Gasteiger partial charge in [0.25, 0.3) is 0 Å². The zero-order chi connectivity index (χ0) is 13.7. The van der Waals surface area contributed by atoms with Crippen molar-refractivity contribution in [2.45, 2.75) is 18.9 Å². The van der Waals surface area contributed by atoms with E-state index < -0.39 is 6.10 Å². The Hall–Kier alpha value is -1.71. The Morgan fingerprint density at radius 1 is 1.21 bits per heavy atom. The third-order valence-electron chi connectivity index (χ3n) is 2.76. The van der Waals surface area contributed by atoms with Crippen molar-refractivity contribution in [2.24, 2.45) is 0 Å². The molecule has 19 heavy (non-hydrogen) atoms. The SMILES string of the molecule is O=C(CC(O)Cc1ccccn1)c1ccc(Cl)cc1. The molecule has 1 aromatic carbocycles. The van der Waals surface area contributed by atoms with Crippen LogP contribution in [-0.2, 0) is 6.42 Å². The number of hydrogen-bond donors (Lipinski definition) is 1. The Morgan fingerprint density at radius 3 is 2.58 bits per heavy atom. The van der Waals surface area contributed by atoms with Gasteiger partial charge in [-0.2, -0.15) is 0 Å². The number of aliphatic hydroxyl groups is 1. The number of aromatic nitrogens is 1. The number of nitrogens with zero attached hydrogens (tertiary/aromatic N) is 1. The fraction of sp³-hybridized carbons (Fsp3) is 0.200. The maximum absolute atomic E-state index is 11.9. The number of pyridine rings is 1. The summed E-state index contributed by atoms with van der Waals surface area (Å²) in [5.74, 6) is -0.0971. The Bertz CT molecular complexity index is 540. The standard InChI is InChI=1S/C15H14ClNO2/c16-12-6-4-11(5-7-12)15(19)10-14(18)9-13-3-1-2-8-17-13/h1-8,14,18H,9-10H2. The lowest BCUT2D eigenvalue weighted by Gasteiger charge is -2.09. The van der Waals surface area contributed by atoms with E-state index in [-0.39, 0.29) is 12.2 Å². The van der Waals surface area contributed by atoms with Crippen LogP contribution in [0.25, 0.3) is 0 Å². The Kier molecular flexibility index (Phi) is 4.66. The van der Waals surface area contributed by atoms with Gasteiger partial charge in [-0.3, -0.25) is 9.78 Å². The highest BCUT2D eigenvalue weighted by molar-refractivity contribution is 6.30. The molecule has 0 aliphatic rings. The van der Waals surface area contributed by atoms with Gasteiger partial charge in [0.05, 0.1) is 6.10 Å². The van der Waals surface area contributed by atoms with Crippen molar-refractivity contribution in [3.63, 3.8) is 0 Å². The van der Waals surface area contributed by atoms with Crippen LogP contribution in [0.15, 0.2) is 48.7 Å². The van der Waals surface area contributed by atoms with Crippen molar-refractivity contribution in [3.8, 4) is 0 Å². The molecule has 0 aliphatic heterocycles. The van der Waals surface area contributed by atoms with Crippen LogP contribution in [-0.4, -0.2) is 22.0 Å². The highest BCUT2D eigenvalue weighted by atomic mass is 35.5. The lowest BCUT2D eigenvalue weighted by atomic mass is 10.0. The summed E-state index contributed by atoms with van der Waals surface area (Å²) in [5, 5.41) is 10.5. The summed E-state index contributed by atoms with van der Waals surface area (Å²) in [6, 6.07) is 12.2. The maximum Gasteiger partial charge on any atom is 0.165 e. The van der Waals surface area contributed by atoms with Gasteiger partial charge in [0.1, 0.15) is 0 Å². The number of benzene rings is 1. The molecule has 98 valence electrons. The molecule has 2 aromatic rings. The van der Waals surface area contributed by atoms with Crippen molar-refractivity contribution >= 4 is 17.4 Å². The largest absolute Gasteiger partial charge is 0.392 e. The predicted octanol–water partition coefficient (Wildman–Crippen LogP) is 2.91. The zero-order valence-corrected chi connectivity index (χ0v) is 11.0. The average Bonchev–Trinajstić information content (AvgIpc) is 2.40. The molecule has 1 heterocycles. The minimum Gasteiger partial charge on any atom is -0.392 e. The number of rotatable bonds is 5. The highest BCUT2D eigenvalue weighted by Crippen LogP contribution is 2.13. The highest BCUT2D eigenvalue weighted by Gasteiger charge is 2.13. The van der Waals surface area contributed by atoms with Crippen LogP contribution in [0.5, 0.6) is 0 Å². The van der Waals surface area contributed by atoms with E-state index >= 15 is 0 Å². The molecule has 0 aliphatic carbocycles. The molecule has 1 aromatic heterocycles. The van der Waals surface area contributed by atoms with Gasteiger partial charge in [-0.05, 0) is 36.4 Å². The second kappa shape index (κ2) is 6.45. The Balaban J connectivity index is 1.93. The first-order chi connectivity index (χ1) is 9.15. The fourth-order valence-electron chi connectivity index (χ4n) is 1.80. The lowest BCUT2D eigenvalue weighted by molar-refractivity contribution is 0.0880. The summed E-state index contributed by atoms with van der Waals surface area (Å²) < 4.78 is 0. The molecular formula is C15H14ClNO2. The summed E-state index contributed by atoms with van der Waals surface area (Å²) in [6.45, 7) is 0. The Morgan fingerprint density at radius 2 is 1.95 bits per heavy atom. The van der Waals surface area contributed by atoms with Crippen molar-refractivity contribution in [3.05, 3.63) is 64.9 Å². The average molecular weight is 276 g/mol. The second-order valence-electron chi connectivity index (χ2n) is 4.31. The summed E-state index contributed by atoms with van der Waals surface area (Å²) in [7, 11) is 0. The number of aliphatic hydroxyl groups excluding tert-OH is 1. The van der Waals surface area contributed by atoms with Crippen LogP contribution in [0, 0.1) is 0 Å². The molecule has 1 atom stereocenters. The molecule has 3 nitrogen and oxygen atoms in total. The van der Waals surface area contributed by atoms with Gasteiger partial charge >= 0.3 is 0 Å². The summed E-state index contributed by atoms with van der Waals surface area (Å²) >= 11 is 5.76. The van der Waals surface area contributed by atoms with E-state index in [1.54, 1.807) is 30.5 Å². The molecule has 0 bridgehead atoms. The van der Waals surface area contributed by atoms with Crippen LogP contribution in [0.1, 0.15) is 22.5 Å². The minimum absolute atomic E-state index is 0.0816. The van der Waals surface area contributed by atoms with E-state index in [4.69, 9.17) is 11.6 Å². The van der Waals surface area contributed by atoms with E-state index in [2.05, 4.69) is 4.98 Å². The Labute approximate surface area is 116 Å². The van der Waals surface area contributed by atoms with Gasteiger partial charge < -0.3 is 5.11 Å². The minimum atomic E-state index is -0.724. The molecule has 0 fully saturated rings. The van der Waals surface area contributed by atoms with Gasteiger partial charge in [0.15, 0.2) is 5.78 Å². The summed E-state index contributed by atoms with van der Waals surface area (Å²) in [5.41, 5.74) is 1.34. The first-order valence-corrected chi connectivity index (χ1v) is 6.39. The third-order valence-corrected chi connectivity index (χ3v) is 3.01. The number of carbonyl (C=O) groups is 1. The number of halogens is 1. The second-order valence-corrected chi connectivity index (χ2v) is 4.75. The topological polar surface area (TPSA) is 50.2 Å². The van der Waals surface area contributed by atoms with Crippen LogP contribution < -0.4 is 0 Å². The van der Waals surface area contributed by atoms with Gasteiger partial charge in [-0.25, -0.2) is 0 Å². The van der Waals surface area contributed by atoms with Crippen LogP contribution in [0.4, 0.5) is 0 Å². The van der Waals surface area contributed by atoms with Gasteiger partial charge in [-0.1, -0.05) is 17.7 Å². The molecule has 1 N–H and O–H groups in total. The van der Waals surface area contributed by atoms with Crippen LogP contribution in [0.2, 0.25) is 5.02 Å². The van der Waals surface area contributed by atoms with E-state index in [1.807, 2.05) is 18.2 Å². The smallest absolute Gasteiger partial charge is 0.165 e. The third kappa shape index (κ3) is 4.16. The van der Waals surface area contributed by atoms with Crippen molar-refractivity contribution < 1.29 is 9.90 Å². The normalized spacial score (nSPS) is 12.1.